The summed E-state index contributed by atoms with van der Waals surface area (Å²) < 4.78 is 18.0. The van der Waals surface area contributed by atoms with Gasteiger partial charge in [0.25, 0.3) is 0 Å². The largest absolute Gasteiger partial charge is 0.501 e. The van der Waals surface area contributed by atoms with E-state index in [-0.39, 0.29) is 0 Å². The third-order valence-corrected chi connectivity index (χ3v) is 14.8. The first kappa shape index (κ1) is 32.4. The van der Waals surface area contributed by atoms with E-state index in [1.54, 1.807) is 0 Å². The minimum absolute atomic E-state index is 0.590. The molecule has 0 radical (unpaired) electrons. The minimum atomic E-state index is -2.49. The molecule has 0 N–H and O–H groups in total. The maximum Gasteiger partial charge on any atom is 0.501 e. The Labute approximate surface area is 208 Å². The quantitative estimate of drug-likeness (QED) is 0.0790. The summed E-state index contributed by atoms with van der Waals surface area (Å²) in [7, 11) is 2.72. The second-order valence-corrected chi connectivity index (χ2v) is 22.5. The van der Waals surface area contributed by atoms with Crippen LogP contribution in [0.3, 0.4) is 0 Å². The summed E-state index contributed by atoms with van der Waals surface area (Å²) in [4.78, 5) is 0. The standard InChI is InChI=1S/C23H52O3S3Si2/c1-9-24-31(25-10-2,26-11-3)21-23(5)17-13-15-19-28-29-27-18-14-12-16-22(4)20-30(6,7)8/h22-23H,9-21H2,1-8H3. The third kappa shape index (κ3) is 19.4. The van der Waals surface area contributed by atoms with Crippen LogP contribution in [0.2, 0.25) is 31.7 Å². The van der Waals surface area contributed by atoms with Crippen LogP contribution in [0.15, 0.2) is 0 Å². The molecule has 0 saturated carbocycles. The molecule has 0 aliphatic rings. The Morgan fingerprint density at radius 2 is 1.06 bits per heavy atom. The first-order chi connectivity index (χ1) is 14.7. The summed E-state index contributed by atoms with van der Waals surface area (Å²) in [6.45, 7) is 20.4. The molecule has 0 aromatic heterocycles. The van der Waals surface area contributed by atoms with Crippen molar-refractivity contribution in [2.45, 2.75) is 105 Å². The summed E-state index contributed by atoms with van der Waals surface area (Å²) in [5.74, 6) is 4.06. The van der Waals surface area contributed by atoms with Crippen LogP contribution in [0.5, 0.6) is 0 Å². The Morgan fingerprint density at radius 1 is 0.645 bits per heavy atom. The van der Waals surface area contributed by atoms with Crippen molar-refractivity contribution in [3.63, 3.8) is 0 Å². The van der Waals surface area contributed by atoms with Crippen LogP contribution in [0.4, 0.5) is 0 Å². The van der Waals surface area contributed by atoms with Gasteiger partial charge in [-0.25, -0.2) is 0 Å². The average Bonchev–Trinajstić information content (AvgIpc) is 2.65. The lowest BCUT2D eigenvalue weighted by atomic mass is 10.1. The molecule has 0 rings (SSSR count). The van der Waals surface area contributed by atoms with Crippen molar-refractivity contribution in [2.75, 3.05) is 31.3 Å². The van der Waals surface area contributed by atoms with Crippen LogP contribution in [-0.2, 0) is 13.3 Å². The van der Waals surface area contributed by atoms with Crippen LogP contribution < -0.4 is 0 Å². The van der Waals surface area contributed by atoms with Crippen molar-refractivity contribution in [2.24, 2.45) is 11.8 Å². The molecule has 8 heteroatoms. The SMILES string of the molecule is CCO[Si](CC(C)CCCCSSSCCCCC(C)C[Si](C)(C)C)(OCC)OCC. The van der Waals surface area contributed by atoms with Crippen LogP contribution in [0, 0.1) is 11.8 Å². The van der Waals surface area contributed by atoms with Gasteiger partial charge < -0.3 is 13.3 Å². The van der Waals surface area contributed by atoms with E-state index in [2.05, 4.69) is 44.3 Å². The predicted molar refractivity (Wildman–Crippen MR) is 152 cm³/mol. The first-order valence-corrected chi connectivity index (χ1v) is 22.0. The van der Waals surface area contributed by atoms with Gasteiger partial charge in [0.15, 0.2) is 0 Å². The molecule has 0 saturated heterocycles. The smallest absolute Gasteiger partial charge is 0.374 e. The lowest BCUT2D eigenvalue weighted by Gasteiger charge is -2.30. The molecular formula is C23H52O3S3Si2. The van der Waals surface area contributed by atoms with E-state index < -0.39 is 16.9 Å². The zero-order valence-electron chi connectivity index (χ0n) is 21.8. The van der Waals surface area contributed by atoms with Gasteiger partial charge in [-0.05, 0) is 55.3 Å². The van der Waals surface area contributed by atoms with Gasteiger partial charge in [0.2, 0.25) is 0 Å². The highest BCUT2D eigenvalue weighted by atomic mass is 33.5. The molecule has 0 aliphatic carbocycles. The number of hydrogen-bond acceptors (Lipinski definition) is 6. The summed E-state index contributed by atoms with van der Waals surface area (Å²) in [5, 5.41) is 0. The monoisotopic (exact) mass is 528 g/mol. The van der Waals surface area contributed by atoms with E-state index in [0.29, 0.717) is 25.7 Å². The summed E-state index contributed by atoms with van der Waals surface area (Å²) in [6.07, 6.45) is 8.00. The number of unbranched alkanes of at least 4 members (excludes halogenated alkanes) is 2. The van der Waals surface area contributed by atoms with Crippen molar-refractivity contribution in [3.05, 3.63) is 0 Å². The second kappa shape index (κ2) is 19.6. The van der Waals surface area contributed by atoms with Crippen molar-refractivity contribution < 1.29 is 13.3 Å². The Hall–Kier alpha value is 1.36. The fourth-order valence-electron chi connectivity index (χ4n) is 4.05. The molecule has 0 heterocycles. The fourth-order valence-corrected chi connectivity index (χ4v) is 13.3. The Balaban J connectivity index is 3.73. The molecule has 0 aliphatic heterocycles. The first-order valence-electron chi connectivity index (χ1n) is 12.5. The molecule has 3 nitrogen and oxygen atoms in total. The van der Waals surface area contributed by atoms with Gasteiger partial charge in [0, 0.05) is 45.4 Å². The second-order valence-electron chi connectivity index (χ2n) is 9.86. The van der Waals surface area contributed by atoms with Crippen LogP contribution in [0.25, 0.3) is 0 Å². The van der Waals surface area contributed by atoms with Crippen LogP contribution in [0.1, 0.15) is 73.1 Å². The van der Waals surface area contributed by atoms with Crippen molar-refractivity contribution in [1.29, 1.82) is 0 Å². The number of rotatable bonds is 22. The Morgan fingerprint density at radius 3 is 1.45 bits per heavy atom. The van der Waals surface area contributed by atoms with Gasteiger partial charge >= 0.3 is 8.80 Å². The molecule has 0 spiro atoms. The highest BCUT2D eigenvalue weighted by molar-refractivity contribution is 9.09. The summed E-state index contributed by atoms with van der Waals surface area (Å²) >= 11 is 0. The van der Waals surface area contributed by atoms with E-state index in [1.165, 1.54) is 56.1 Å². The highest BCUT2D eigenvalue weighted by Gasteiger charge is 2.41. The molecule has 2 atom stereocenters. The Bertz CT molecular complexity index is 395. The molecule has 0 fully saturated rings. The van der Waals surface area contributed by atoms with Gasteiger partial charge in [-0.3, -0.25) is 0 Å². The molecule has 0 amide bonds. The highest BCUT2D eigenvalue weighted by Crippen LogP contribution is 2.36. The summed E-state index contributed by atoms with van der Waals surface area (Å²) in [6, 6.07) is 2.42. The van der Waals surface area contributed by atoms with Crippen LogP contribution >= 0.6 is 31.4 Å². The minimum Gasteiger partial charge on any atom is -0.374 e. The molecule has 2 unspecified atom stereocenters. The van der Waals surface area contributed by atoms with E-state index in [0.717, 1.165) is 12.0 Å². The Kier molecular flexibility index (Phi) is 20.5. The van der Waals surface area contributed by atoms with Gasteiger partial charge in [0.1, 0.15) is 0 Å². The van der Waals surface area contributed by atoms with Gasteiger partial charge in [0.05, 0.1) is 0 Å². The lowest BCUT2D eigenvalue weighted by Crippen LogP contribution is -2.47. The summed E-state index contributed by atoms with van der Waals surface area (Å²) in [5.41, 5.74) is 0. The van der Waals surface area contributed by atoms with E-state index in [4.69, 9.17) is 13.3 Å². The zero-order valence-corrected chi connectivity index (χ0v) is 26.2. The topological polar surface area (TPSA) is 27.7 Å². The maximum atomic E-state index is 6.00. The van der Waals surface area contributed by atoms with E-state index in [9.17, 15) is 0 Å². The molecular weight excluding hydrogens is 477 g/mol. The van der Waals surface area contributed by atoms with Gasteiger partial charge in [-0.2, -0.15) is 0 Å². The number of hydrogen-bond donors (Lipinski definition) is 0. The van der Waals surface area contributed by atoms with Crippen molar-refractivity contribution in [1.82, 2.24) is 0 Å². The van der Waals surface area contributed by atoms with Crippen LogP contribution in [-0.4, -0.2) is 48.2 Å². The lowest BCUT2D eigenvalue weighted by molar-refractivity contribution is 0.0672. The van der Waals surface area contributed by atoms with Crippen molar-refractivity contribution in [3.8, 4) is 0 Å². The molecule has 0 bridgehead atoms. The third-order valence-electron chi connectivity index (χ3n) is 5.10. The molecule has 0 aromatic carbocycles. The average molecular weight is 529 g/mol. The van der Waals surface area contributed by atoms with E-state index in [1.807, 2.05) is 41.4 Å². The maximum absolute atomic E-state index is 6.00. The van der Waals surface area contributed by atoms with E-state index >= 15 is 0 Å². The normalized spacial score (nSPS) is 14.7. The zero-order chi connectivity index (χ0) is 23.6. The molecule has 31 heavy (non-hydrogen) atoms. The van der Waals surface area contributed by atoms with Gasteiger partial charge in [-0.15, -0.1) is 0 Å². The fraction of sp³-hybridized carbons (Fsp3) is 1.00. The van der Waals surface area contributed by atoms with Crippen molar-refractivity contribution >= 4 is 48.3 Å². The predicted octanol–water partition coefficient (Wildman–Crippen LogP) is 9.02. The molecule has 188 valence electrons. The molecule has 0 aromatic rings. The van der Waals surface area contributed by atoms with Gasteiger partial charge in [-0.1, -0.05) is 86.8 Å².